The van der Waals surface area contributed by atoms with E-state index >= 15 is 0 Å². The van der Waals surface area contributed by atoms with Gasteiger partial charge in [0.05, 0.1) is 20.3 Å². The number of rotatable bonds is 3. The number of morpholine rings is 1. The molecule has 0 bridgehead atoms. The molecule has 1 saturated heterocycles. The maximum atomic E-state index is 12.8. The number of hydrogen-bond donors (Lipinski definition) is 0. The third kappa shape index (κ3) is 2.80. The molecule has 0 spiro atoms. The highest BCUT2D eigenvalue weighted by Crippen LogP contribution is 2.33. The van der Waals surface area contributed by atoms with Gasteiger partial charge in [0.2, 0.25) is 10.0 Å². The Labute approximate surface area is 125 Å². The highest BCUT2D eigenvalue weighted by atomic mass is 32.2. The molecule has 2 aliphatic rings. The molecule has 1 heterocycles. The van der Waals surface area contributed by atoms with Gasteiger partial charge >= 0.3 is 0 Å². The predicted octanol–water partition coefficient (Wildman–Crippen LogP) is 1.59. The van der Waals surface area contributed by atoms with Crippen LogP contribution in [0.3, 0.4) is 0 Å². The molecule has 0 amide bonds. The van der Waals surface area contributed by atoms with Crippen molar-refractivity contribution in [3.63, 3.8) is 0 Å². The third-order valence-electron chi connectivity index (χ3n) is 4.22. The smallest absolute Gasteiger partial charge is 0.246 e. The molecule has 1 aliphatic heterocycles. The van der Waals surface area contributed by atoms with Gasteiger partial charge in [0.25, 0.3) is 0 Å². The Morgan fingerprint density at radius 2 is 1.71 bits per heavy atom. The van der Waals surface area contributed by atoms with Crippen molar-refractivity contribution in [2.75, 3.05) is 33.4 Å². The zero-order valence-corrected chi connectivity index (χ0v) is 13.1. The van der Waals surface area contributed by atoms with Gasteiger partial charge in [-0.05, 0) is 48.9 Å². The molecular weight excluding hydrogens is 290 g/mol. The molecule has 5 nitrogen and oxygen atoms in total. The minimum absolute atomic E-state index is 0.299. The molecule has 0 atom stereocenters. The molecule has 116 valence electrons. The van der Waals surface area contributed by atoms with Crippen LogP contribution in [0.15, 0.2) is 17.0 Å². The van der Waals surface area contributed by atoms with Crippen LogP contribution in [-0.2, 0) is 27.6 Å². The van der Waals surface area contributed by atoms with Crippen LogP contribution in [0.5, 0.6) is 5.75 Å². The molecule has 0 aromatic heterocycles. The van der Waals surface area contributed by atoms with Gasteiger partial charge in [-0.1, -0.05) is 0 Å². The van der Waals surface area contributed by atoms with Crippen molar-refractivity contribution in [1.82, 2.24) is 4.31 Å². The van der Waals surface area contributed by atoms with Crippen LogP contribution in [-0.4, -0.2) is 46.1 Å². The van der Waals surface area contributed by atoms with E-state index in [-0.39, 0.29) is 0 Å². The second-order valence-electron chi connectivity index (χ2n) is 5.50. The Morgan fingerprint density at radius 1 is 1.10 bits per heavy atom. The van der Waals surface area contributed by atoms with E-state index in [4.69, 9.17) is 9.47 Å². The summed E-state index contributed by atoms with van der Waals surface area (Å²) in [5.41, 5.74) is 2.37. The second kappa shape index (κ2) is 5.94. The van der Waals surface area contributed by atoms with Gasteiger partial charge in [-0.2, -0.15) is 4.31 Å². The number of aryl methyl sites for hydroxylation is 2. The van der Waals surface area contributed by atoms with Gasteiger partial charge in [-0.25, -0.2) is 8.42 Å². The van der Waals surface area contributed by atoms with Crippen LogP contribution in [0.25, 0.3) is 0 Å². The zero-order chi connectivity index (χ0) is 14.9. The number of methoxy groups -OCH3 is 1. The molecule has 0 N–H and O–H groups in total. The molecule has 1 aromatic rings. The Balaban J connectivity index is 2.03. The van der Waals surface area contributed by atoms with Crippen molar-refractivity contribution in [3.8, 4) is 5.75 Å². The van der Waals surface area contributed by atoms with Crippen LogP contribution in [0.2, 0.25) is 0 Å². The predicted molar refractivity (Wildman–Crippen MR) is 79.2 cm³/mol. The number of ether oxygens (including phenoxy) is 2. The lowest BCUT2D eigenvalue weighted by Gasteiger charge is -2.27. The minimum Gasteiger partial charge on any atom is -0.495 e. The van der Waals surface area contributed by atoms with E-state index in [1.165, 1.54) is 17.0 Å². The molecule has 6 heteroatoms. The van der Waals surface area contributed by atoms with E-state index in [2.05, 4.69) is 0 Å². The van der Waals surface area contributed by atoms with Crippen LogP contribution in [0.4, 0.5) is 0 Å². The monoisotopic (exact) mass is 311 g/mol. The first-order valence-electron chi connectivity index (χ1n) is 7.40. The van der Waals surface area contributed by atoms with E-state index in [1.54, 1.807) is 0 Å². The van der Waals surface area contributed by atoms with Gasteiger partial charge < -0.3 is 9.47 Å². The van der Waals surface area contributed by atoms with Crippen molar-refractivity contribution < 1.29 is 17.9 Å². The second-order valence-corrected chi connectivity index (χ2v) is 7.40. The first-order chi connectivity index (χ1) is 10.1. The van der Waals surface area contributed by atoms with Crippen molar-refractivity contribution >= 4 is 10.0 Å². The summed E-state index contributed by atoms with van der Waals surface area (Å²) in [6.07, 6.45) is 4.23. The molecule has 0 saturated carbocycles. The van der Waals surface area contributed by atoms with E-state index in [1.807, 2.05) is 12.1 Å². The standard InChI is InChI=1S/C15H21NO4S/c1-19-14-10-12-4-2-3-5-13(12)11-15(14)21(17,18)16-6-8-20-9-7-16/h10-11H,2-9H2,1H3. The topological polar surface area (TPSA) is 55.8 Å². The molecule has 1 aliphatic carbocycles. The molecule has 0 unspecified atom stereocenters. The molecule has 0 radical (unpaired) electrons. The first kappa shape index (κ1) is 14.8. The highest BCUT2D eigenvalue weighted by molar-refractivity contribution is 7.89. The van der Waals surface area contributed by atoms with Crippen molar-refractivity contribution in [2.45, 2.75) is 30.6 Å². The fourth-order valence-corrected chi connectivity index (χ4v) is 4.62. The largest absolute Gasteiger partial charge is 0.495 e. The average Bonchev–Trinajstić information content (AvgIpc) is 2.54. The summed E-state index contributed by atoms with van der Waals surface area (Å²) < 4.78 is 37.8. The van der Waals surface area contributed by atoms with E-state index in [0.717, 1.165) is 31.2 Å². The van der Waals surface area contributed by atoms with Gasteiger partial charge in [-0.15, -0.1) is 0 Å². The Kier molecular flexibility index (Phi) is 4.19. The molecule has 1 aromatic carbocycles. The first-order valence-corrected chi connectivity index (χ1v) is 8.84. The van der Waals surface area contributed by atoms with Crippen LogP contribution in [0.1, 0.15) is 24.0 Å². The number of hydrogen-bond acceptors (Lipinski definition) is 4. The van der Waals surface area contributed by atoms with Crippen molar-refractivity contribution in [1.29, 1.82) is 0 Å². The van der Waals surface area contributed by atoms with Crippen LogP contribution in [0, 0.1) is 0 Å². The SMILES string of the molecule is COc1cc2c(cc1S(=O)(=O)N1CCOCC1)CCCC2. The molecule has 1 fully saturated rings. The van der Waals surface area contributed by atoms with Gasteiger partial charge in [0, 0.05) is 13.1 Å². The lowest BCUT2D eigenvalue weighted by molar-refractivity contribution is 0.0729. The lowest BCUT2D eigenvalue weighted by Crippen LogP contribution is -2.40. The fourth-order valence-electron chi connectivity index (χ4n) is 3.03. The number of benzene rings is 1. The Morgan fingerprint density at radius 3 is 2.33 bits per heavy atom. The average molecular weight is 311 g/mol. The summed E-state index contributed by atoms with van der Waals surface area (Å²) >= 11 is 0. The summed E-state index contributed by atoms with van der Waals surface area (Å²) in [6, 6.07) is 3.72. The maximum absolute atomic E-state index is 12.8. The summed E-state index contributed by atoms with van der Waals surface area (Å²) in [6.45, 7) is 1.71. The summed E-state index contributed by atoms with van der Waals surface area (Å²) in [5.74, 6) is 0.460. The summed E-state index contributed by atoms with van der Waals surface area (Å²) in [7, 11) is -1.98. The number of nitrogens with zero attached hydrogens (tertiary/aromatic N) is 1. The quantitative estimate of drug-likeness (QED) is 0.851. The van der Waals surface area contributed by atoms with Crippen molar-refractivity contribution in [2.24, 2.45) is 0 Å². The molecular formula is C15H21NO4S. The number of sulfonamides is 1. The zero-order valence-electron chi connectivity index (χ0n) is 12.3. The molecule has 21 heavy (non-hydrogen) atoms. The Hall–Kier alpha value is -1.11. The van der Waals surface area contributed by atoms with Gasteiger partial charge in [-0.3, -0.25) is 0 Å². The molecule has 3 rings (SSSR count). The van der Waals surface area contributed by atoms with Crippen molar-refractivity contribution in [3.05, 3.63) is 23.3 Å². The van der Waals surface area contributed by atoms with Crippen LogP contribution < -0.4 is 4.74 Å². The minimum atomic E-state index is -3.51. The van der Waals surface area contributed by atoms with E-state index in [0.29, 0.717) is 36.9 Å². The van der Waals surface area contributed by atoms with Gasteiger partial charge in [0.15, 0.2) is 0 Å². The highest BCUT2D eigenvalue weighted by Gasteiger charge is 2.30. The maximum Gasteiger partial charge on any atom is 0.246 e. The summed E-state index contributed by atoms with van der Waals surface area (Å²) in [4.78, 5) is 0.299. The van der Waals surface area contributed by atoms with E-state index < -0.39 is 10.0 Å². The normalized spacial score (nSPS) is 20.0. The van der Waals surface area contributed by atoms with Crippen LogP contribution >= 0.6 is 0 Å². The summed E-state index contributed by atoms with van der Waals surface area (Å²) in [5, 5.41) is 0. The Bertz CT molecular complexity index is 621. The van der Waals surface area contributed by atoms with E-state index in [9.17, 15) is 8.42 Å². The number of fused-ring (bicyclic) bond motifs is 1. The lowest BCUT2D eigenvalue weighted by atomic mass is 9.92. The third-order valence-corrected chi connectivity index (χ3v) is 6.14. The van der Waals surface area contributed by atoms with Gasteiger partial charge in [0.1, 0.15) is 10.6 Å². The fraction of sp³-hybridized carbons (Fsp3) is 0.600.